The molecule has 0 radical (unpaired) electrons. The van der Waals surface area contributed by atoms with E-state index in [2.05, 4.69) is 9.97 Å². The highest BCUT2D eigenvalue weighted by atomic mass is 19.4. The van der Waals surface area contributed by atoms with Gasteiger partial charge in [-0.2, -0.15) is 13.2 Å². The molecule has 0 unspecified atom stereocenters. The Kier molecular flexibility index (Phi) is 4.72. The van der Waals surface area contributed by atoms with Crippen molar-refractivity contribution in [2.24, 2.45) is 0 Å². The summed E-state index contributed by atoms with van der Waals surface area (Å²) < 4.78 is 37.5. The summed E-state index contributed by atoms with van der Waals surface area (Å²) in [6, 6.07) is 5.32. The average molecular weight is 300 g/mol. The number of hydrogen-bond donors (Lipinski definition) is 2. The maximum Gasteiger partial charge on any atom is 0.401 e. The van der Waals surface area contributed by atoms with E-state index in [1.807, 2.05) is 6.92 Å². The van der Waals surface area contributed by atoms with Gasteiger partial charge in [-0.3, -0.25) is 4.90 Å². The smallest absolute Gasteiger partial charge is 0.399 e. The Morgan fingerprint density at radius 2 is 2.05 bits per heavy atom. The summed E-state index contributed by atoms with van der Waals surface area (Å²) in [6.07, 6.45) is -3.03. The fourth-order valence-corrected chi connectivity index (χ4v) is 2.30. The molecule has 1 aromatic carbocycles. The normalized spacial score (nSPS) is 12.4. The van der Waals surface area contributed by atoms with Crippen LogP contribution in [0.1, 0.15) is 19.2 Å². The Morgan fingerprint density at radius 1 is 1.29 bits per heavy atom. The number of nitrogens with zero attached hydrogens (tertiary/aromatic N) is 2. The Hall–Kier alpha value is -1.76. The summed E-state index contributed by atoms with van der Waals surface area (Å²) in [7, 11) is 0. The molecule has 1 heterocycles. The topological polar surface area (TPSA) is 57.9 Å². The molecule has 0 bridgehead atoms. The van der Waals surface area contributed by atoms with Crippen LogP contribution >= 0.6 is 0 Å². The first kappa shape index (κ1) is 15.6. The van der Waals surface area contributed by atoms with E-state index in [1.54, 1.807) is 18.2 Å². The second-order valence-corrected chi connectivity index (χ2v) is 5.10. The minimum atomic E-state index is -4.17. The Bertz CT molecular complexity index is 591. The van der Waals surface area contributed by atoms with Crippen molar-refractivity contribution in [3.63, 3.8) is 0 Å². The first-order valence-corrected chi connectivity index (χ1v) is 6.90. The molecule has 116 valence electrons. The van der Waals surface area contributed by atoms with E-state index in [0.717, 1.165) is 11.0 Å². The minimum absolute atomic E-state index is 0.322. The molecule has 2 aromatic rings. The fraction of sp³-hybridized carbons (Fsp3) is 0.500. The number of benzene rings is 1. The number of hydrogen-bond acceptors (Lipinski definition) is 3. The number of fused-ring (bicyclic) bond motifs is 1. The first-order valence-electron chi connectivity index (χ1n) is 6.90. The minimum Gasteiger partial charge on any atom is -0.399 e. The second kappa shape index (κ2) is 6.34. The van der Waals surface area contributed by atoms with E-state index < -0.39 is 12.7 Å². The zero-order valence-corrected chi connectivity index (χ0v) is 11.9. The van der Waals surface area contributed by atoms with Crippen LogP contribution in [0, 0.1) is 0 Å². The van der Waals surface area contributed by atoms with Crippen LogP contribution in [0.25, 0.3) is 11.0 Å². The molecule has 0 aliphatic carbocycles. The highest BCUT2D eigenvalue weighted by molar-refractivity contribution is 5.78. The van der Waals surface area contributed by atoms with E-state index >= 15 is 0 Å². The van der Waals surface area contributed by atoms with Crippen molar-refractivity contribution in [3.8, 4) is 0 Å². The number of rotatable bonds is 6. The van der Waals surface area contributed by atoms with Crippen molar-refractivity contribution in [2.75, 3.05) is 25.4 Å². The third-order valence-corrected chi connectivity index (χ3v) is 3.16. The van der Waals surface area contributed by atoms with Gasteiger partial charge in [0, 0.05) is 18.7 Å². The number of alkyl halides is 3. The number of imidazole rings is 1. The predicted octanol–water partition coefficient (Wildman–Crippen LogP) is 2.96. The van der Waals surface area contributed by atoms with Gasteiger partial charge in [0.15, 0.2) is 0 Å². The van der Waals surface area contributed by atoms with Crippen molar-refractivity contribution >= 4 is 16.7 Å². The third kappa shape index (κ3) is 4.63. The monoisotopic (exact) mass is 300 g/mol. The largest absolute Gasteiger partial charge is 0.401 e. The van der Waals surface area contributed by atoms with Crippen LogP contribution in [0.5, 0.6) is 0 Å². The third-order valence-electron chi connectivity index (χ3n) is 3.16. The van der Waals surface area contributed by atoms with Crippen LogP contribution in [0.2, 0.25) is 0 Å². The summed E-state index contributed by atoms with van der Waals surface area (Å²) >= 11 is 0. The van der Waals surface area contributed by atoms with Crippen molar-refractivity contribution in [1.29, 1.82) is 0 Å². The lowest BCUT2D eigenvalue weighted by atomic mass is 10.3. The van der Waals surface area contributed by atoms with Gasteiger partial charge >= 0.3 is 6.18 Å². The molecule has 0 atom stereocenters. The van der Waals surface area contributed by atoms with Gasteiger partial charge in [0.25, 0.3) is 0 Å². The van der Waals surface area contributed by atoms with Gasteiger partial charge in [-0.05, 0) is 31.2 Å². The van der Waals surface area contributed by atoms with Crippen LogP contribution in [-0.4, -0.2) is 40.7 Å². The summed E-state index contributed by atoms with van der Waals surface area (Å²) in [4.78, 5) is 8.87. The van der Waals surface area contributed by atoms with E-state index in [4.69, 9.17) is 5.73 Å². The summed E-state index contributed by atoms with van der Waals surface area (Å²) in [5.41, 5.74) is 7.89. The van der Waals surface area contributed by atoms with Gasteiger partial charge in [0.2, 0.25) is 0 Å². The van der Waals surface area contributed by atoms with Gasteiger partial charge in [-0.25, -0.2) is 4.98 Å². The highest BCUT2D eigenvalue weighted by Crippen LogP contribution is 2.18. The first-order chi connectivity index (χ1) is 9.87. The number of nitrogens with one attached hydrogen (secondary N) is 1. The Morgan fingerprint density at radius 3 is 2.71 bits per heavy atom. The summed E-state index contributed by atoms with van der Waals surface area (Å²) in [6.45, 7) is 1.73. The number of nitrogen functional groups attached to an aromatic ring is 1. The van der Waals surface area contributed by atoms with Gasteiger partial charge < -0.3 is 10.7 Å². The zero-order valence-electron chi connectivity index (χ0n) is 11.9. The van der Waals surface area contributed by atoms with E-state index in [1.165, 1.54) is 4.90 Å². The van der Waals surface area contributed by atoms with Crippen LogP contribution < -0.4 is 5.73 Å². The van der Waals surface area contributed by atoms with Crippen molar-refractivity contribution in [1.82, 2.24) is 14.9 Å². The average Bonchev–Trinajstić information content (AvgIpc) is 2.76. The molecule has 0 saturated heterocycles. The molecule has 21 heavy (non-hydrogen) atoms. The molecule has 2 rings (SSSR count). The van der Waals surface area contributed by atoms with Crippen molar-refractivity contribution in [2.45, 2.75) is 25.9 Å². The second-order valence-electron chi connectivity index (χ2n) is 5.10. The lowest BCUT2D eigenvalue weighted by molar-refractivity contribution is -0.145. The Labute approximate surface area is 121 Å². The maximum atomic E-state index is 12.5. The van der Waals surface area contributed by atoms with Crippen LogP contribution in [-0.2, 0) is 6.42 Å². The predicted molar refractivity (Wildman–Crippen MR) is 77.0 cm³/mol. The van der Waals surface area contributed by atoms with Gasteiger partial charge in [0.1, 0.15) is 5.82 Å². The molecule has 0 fully saturated rings. The number of halogens is 3. The van der Waals surface area contributed by atoms with Gasteiger partial charge in [-0.1, -0.05) is 6.92 Å². The highest BCUT2D eigenvalue weighted by Gasteiger charge is 2.30. The van der Waals surface area contributed by atoms with Gasteiger partial charge in [0.05, 0.1) is 17.6 Å². The SMILES string of the molecule is CCCN(CCc1nc2ccc(N)cc2[nH]1)CC(F)(F)F. The molecule has 0 aliphatic rings. The van der Waals surface area contributed by atoms with Crippen molar-refractivity contribution in [3.05, 3.63) is 24.0 Å². The van der Waals surface area contributed by atoms with E-state index in [9.17, 15) is 13.2 Å². The van der Waals surface area contributed by atoms with E-state index in [0.29, 0.717) is 37.4 Å². The molecule has 0 aliphatic heterocycles. The standard InChI is InChI=1S/C14H19F3N4/c1-2-6-21(9-14(15,16)17)7-5-13-19-11-4-3-10(18)8-12(11)20-13/h3-4,8H,2,5-7,9,18H2,1H3,(H,19,20). The molecular formula is C14H19F3N4. The molecule has 3 N–H and O–H groups in total. The molecular weight excluding hydrogens is 281 g/mol. The molecule has 0 spiro atoms. The molecule has 4 nitrogen and oxygen atoms in total. The summed E-state index contributed by atoms with van der Waals surface area (Å²) in [5, 5.41) is 0. The van der Waals surface area contributed by atoms with Crippen LogP contribution in [0.15, 0.2) is 18.2 Å². The Balaban J connectivity index is 2.01. The quantitative estimate of drug-likeness (QED) is 0.806. The lowest BCUT2D eigenvalue weighted by Crippen LogP contribution is -2.36. The van der Waals surface area contributed by atoms with Crippen LogP contribution in [0.3, 0.4) is 0 Å². The number of H-pyrrole nitrogens is 1. The molecule has 7 heteroatoms. The fourth-order valence-electron chi connectivity index (χ4n) is 2.30. The van der Waals surface area contributed by atoms with E-state index in [-0.39, 0.29) is 0 Å². The number of aromatic amines is 1. The number of aromatic nitrogens is 2. The molecule has 0 saturated carbocycles. The number of anilines is 1. The molecule has 1 aromatic heterocycles. The molecule has 0 amide bonds. The zero-order chi connectivity index (χ0) is 15.5. The summed E-state index contributed by atoms with van der Waals surface area (Å²) in [5.74, 6) is 0.680. The van der Waals surface area contributed by atoms with Crippen molar-refractivity contribution < 1.29 is 13.2 Å². The lowest BCUT2D eigenvalue weighted by Gasteiger charge is -2.22. The maximum absolute atomic E-state index is 12.5. The number of nitrogens with two attached hydrogens (primary N) is 1. The van der Waals surface area contributed by atoms with Gasteiger partial charge in [-0.15, -0.1) is 0 Å². The van der Waals surface area contributed by atoms with Crippen LogP contribution in [0.4, 0.5) is 18.9 Å².